The van der Waals surface area contributed by atoms with E-state index in [9.17, 15) is 0 Å². The number of rotatable bonds is 2. The Bertz CT molecular complexity index is 456. The molecule has 1 aromatic heterocycles. The van der Waals surface area contributed by atoms with Crippen LogP contribution in [0.1, 0.15) is 31.2 Å². The Morgan fingerprint density at radius 2 is 2.28 bits per heavy atom. The number of nitrogens with zero attached hydrogens (tertiary/aromatic N) is 1. The van der Waals surface area contributed by atoms with Crippen molar-refractivity contribution in [3.63, 3.8) is 0 Å². The van der Waals surface area contributed by atoms with Gasteiger partial charge in [-0.3, -0.25) is 4.98 Å². The number of hydrogen-bond donors (Lipinski definition) is 1. The van der Waals surface area contributed by atoms with Crippen LogP contribution in [0.3, 0.4) is 0 Å². The van der Waals surface area contributed by atoms with E-state index in [1.165, 1.54) is 30.4 Å². The Morgan fingerprint density at radius 3 is 3.17 bits per heavy atom. The van der Waals surface area contributed by atoms with Crippen LogP contribution >= 0.6 is 0 Å². The Kier molecular flexibility index (Phi) is 3.33. The van der Waals surface area contributed by atoms with Crippen LogP contribution in [0.5, 0.6) is 5.75 Å². The van der Waals surface area contributed by atoms with Crippen molar-refractivity contribution in [2.75, 3.05) is 13.7 Å². The van der Waals surface area contributed by atoms with E-state index in [1.807, 2.05) is 6.20 Å². The maximum Gasteiger partial charge on any atom is 0.137 e. The fraction of sp³-hybridized carbons (Fsp3) is 0.533. The zero-order valence-corrected chi connectivity index (χ0v) is 10.9. The SMILES string of the molecule is COc1cncc(C2=C[C@@H]3NCCC[C@@H]3CC2)c1. The summed E-state index contributed by atoms with van der Waals surface area (Å²) in [5, 5.41) is 3.62. The van der Waals surface area contributed by atoms with Gasteiger partial charge in [-0.15, -0.1) is 0 Å². The fourth-order valence-electron chi connectivity index (χ4n) is 3.09. The molecule has 96 valence electrons. The summed E-state index contributed by atoms with van der Waals surface area (Å²) >= 11 is 0. The summed E-state index contributed by atoms with van der Waals surface area (Å²) in [5.74, 6) is 1.67. The van der Waals surface area contributed by atoms with Crippen LogP contribution in [0, 0.1) is 5.92 Å². The van der Waals surface area contributed by atoms with Crippen molar-refractivity contribution < 1.29 is 4.74 Å². The standard InChI is InChI=1S/C15H20N2O/c1-18-14-7-13(9-16-10-14)12-5-4-11-3-2-6-17-15(11)8-12/h7-11,15,17H,2-6H2,1H3/t11-,15+/m1/s1. The summed E-state index contributed by atoms with van der Waals surface area (Å²) in [5.41, 5.74) is 2.62. The maximum absolute atomic E-state index is 5.25. The predicted octanol–water partition coefficient (Wildman–Crippen LogP) is 2.64. The minimum atomic E-state index is 0.564. The first-order chi connectivity index (χ1) is 8.86. The highest BCUT2D eigenvalue weighted by Gasteiger charge is 2.27. The highest BCUT2D eigenvalue weighted by Crippen LogP contribution is 2.34. The van der Waals surface area contributed by atoms with Crippen LogP contribution < -0.4 is 10.1 Å². The summed E-state index contributed by atoms with van der Waals surface area (Å²) in [6.07, 6.45) is 11.3. The summed E-state index contributed by atoms with van der Waals surface area (Å²) in [7, 11) is 1.69. The van der Waals surface area contributed by atoms with Crippen LogP contribution in [0.25, 0.3) is 5.57 Å². The van der Waals surface area contributed by atoms with Crippen LogP contribution in [-0.4, -0.2) is 24.7 Å². The second kappa shape index (κ2) is 5.11. The molecule has 1 aromatic rings. The predicted molar refractivity (Wildman–Crippen MR) is 72.5 cm³/mol. The average molecular weight is 244 g/mol. The molecule has 18 heavy (non-hydrogen) atoms. The summed E-state index contributed by atoms with van der Waals surface area (Å²) in [6.45, 7) is 1.15. The first-order valence-electron chi connectivity index (χ1n) is 6.80. The number of ether oxygens (including phenoxy) is 1. The zero-order valence-electron chi connectivity index (χ0n) is 10.9. The van der Waals surface area contributed by atoms with E-state index in [0.29, 0.717) is 6.04 Å². The van der Waals surface area contributed by atoms with Gasteiger partial charge < -0.3 is 10.1 Å². The van der Waals surface area contributed by atoms with E-state index in [1.54, 1.807) is 13.3 Å². The number of hydrogen-bond acceptors (Lipinski definition) is 3. The molecule has 0 bridgehead atoms. The van der Waals surface area contributed by atoms with Gasteiger partial charge in [-0.2, -0.15) is 0 Å². The van der Waals surface area contributed by atoms with Gasteiger partial charge in [0.15, 0.2) is 0 Å². The molecule has 1 saturated heterocycles. The smallest absolute Gasteiger partial charge is 0.137 e. The van der Waals surface area contributed by atoms with Gasteiger partial charge in [-0.1, -0.05) is 6.08 Å². The van der Waals surface area contributed by atoms with E-state index in [2.05, 4.69) is 22.4 Å². The molecule has 3 nitrogen and oxygen atoms in total. The highest BCUT2D eigenvalue weighted by molar-refractivity contribution is 5.67. The molecule has 0 aromatic carbocycles. The molecular formula is C15H20N2O. The number of pyridine rings is 1. The van der Waals surface area contributed by atoms with E-state index in [4.69, 9.17) is 4.74 Å². The Hall–Kier alpha value is -1.35. The third-order valence-corrected chi connectivity index (χ3v) is 4.12. The van der Waals surface area contributed by atoms with Gasteiger partial charge in [0.2, 0.25) is 0 Å². The molecule has 0 radical (unpaired) electrons. The molecule has 1 aliphatic carbocycles. The second-order valence-corrected chi connectivity index (χ2v) is 5.23. The number of allylic oxidation sites excluding steroid dienone is 1. The second-order valence-electron chi connectivity index (χ2n) is 5.23. The minimum absolute atomic E-state index is 0.564. The number of aromatic nitrogens is 1. The van der Waals surface area contributed by atoms with Crippen molar-refractivity contribution >= 4 is 5.57 Å². The van der Waals surface area contributed by atoms with Gasteiger partial charge in [-0.25, -0.2) is 0 Å². The van der Waals surface area contributed by atoms with Gasteiger partial charge in [0.1, 0.15) is 5.75 Å². The quantitative estimate of drug-likeness (QED) is 0.868. The Balaban J connectivity index is 1.85. The molecule has 3 heteroatoms. The monoisotopic (exact) mass is 244 g/mol. The third kappa shape index (κ3) is 2.27. The van der Waals surface area contributed by atoms with E-state index < -0.39 is 0 Å². The number of piperidine rings is 1. The minimum Gasteiger partial charge on any atom is -0.495 e. The first-order valence-corrected chi connectivity index (χ1v) is 6.80. The molecule has 0 spiro atoms. The lowest BCUT2D eigenvalue weighted by Gasteiger charge is -2.35. The van der Waals surface area contributed by atoms with Crippen molar-refractivity contribution in [3.8, 4) is 5.75 Å². The van der Waals surface area contributed by atoms with E-state index >= 15 is 0 Å². The van der Waals surface area contributed by atoms with Crippen LogP contribution in [0.4, 0.5) is 0 Å². The van der Waals surface area contributed by atoms with Crippen LogP contribution in [0.15, 0.2) is 24.5 Å². The van der Waals surface area contributed by atoms with Gasteiger partial charge in [0.25, 0.3) is 0 Å². The molecule has 1 N–H and O–H groups in total. The normalized spacial score (nSPS) is 27.3. The molecule has 0 saturated carbocycles. The van der Waals surface area contributed by atoms with Gasteiger partial charge in [0.05, 0.1) is 13.3 Å². The van der Waals surface area contributed by atoms with Gasteiger partial charge >= 0.3 is 0 Å². The Labute approximate surface area is 108 Å². The van der Waals surface area contributed by atoms with Crippen molar-refractivity contribution in [2.45, 2.75) is 31.7 Å². The number of nitrogens with one attached hydrogen (secondary N) is 1. The van der Waals surface area contributed by atoms with Gasteiger partial charge in [-0.05, 0) is 55.3 Å². The molecule has 2 heterocycles. The van der Waals surface area contributed by atoms with Gasteiger partial charge in [0, 0.05) is 12.2 Å². The molecule has 2 aliphatic rings. The summed E-state index contributed by atoms with van der Waals surface area (Å²) < 4.78 is 5.25. The highest BCUT2D eigenvalue weighted by atomic mass is 16.5. The van der Waals surface area contributed by atoms with Crippen molar-refractivity contribution in [3.05, 3.63) is 30.1 Å². The lowest BCUT2D eigenvalue weighted by Crippen LogP contribution is -2.41. The first kappa shape index (κ1) is 11.7. The Morgan fingerprint density at radius 1 is 1.33 bits per heavy atom. The molecule has 3 rings (SSSR count). The maximum atomic E-state index is 5.25. The number of fused-ring (bicyclic) bond motifs is 1. The molecule has 2 atom stereocenters. The number of methoxy groups -OCH3 is 1. The van der Waals surface area contributed by atoms with Crippen LogP contribution in [0.2, 0.25) is 0 Å². The lowest BCUT2D eigenvalue weighted by atomic mass is 9.79. The largest absolute Gasteiger partial charge is 0.495 e. The average Bonchev–Trinajstić information content (AvgIpc) is 2.47. The molecule has 1 fully saturated rings. The zero-order chi connectivity index (χ0) is 12.4. The third-order valence-electron chi connectivity index (χ3n) is 4.12. The topological polar surface area (TPSA) is 34.1 Å². The van der Waals surface area contributed by atoms with E-state index in [-0.39, 0.29) is 0 Å². The molecule has 0 amide bonds. The summed E-state index contributed by atoms with van der Waals surface area (Å²) in [4.78, 5) is 4.25. The molecule has 1 aliphatic heterocycles. The van der Waals surface area contributed by atoms with Crippen molar-refractivity contribution in [1.82, 2.24) is 10.3 Å². The van der Waals surface area contributed by atoms with Crippen molar-refractivity contribution in [2.24, 2.45) is 5.92 Å². The van der Waals surface area contributed by atoms with E-state index in [0.717, 1.165) is 24.6 Å². The lowest BCUT2D eigenvalue weighted by molar-refractivity contribution is 0.298. The fourth-order valence-corrected chi connectivity index (χ4v) is 3.09. The summed E-state index contributed by atoms with van der Waals surface area (Å²) in [6, 6.07) is 2.65. The molecular weight excluding hydrogens is 224 g/mol. The van der Waals surface area contributed by atoms with Crippen molar-refractivity contribution in [1.29, 1.82) is 0 Å². The molecule has 0 unspecified atom stereocenters. The van der Waals surface area contributed by atoms with Crippen LogP contribution in [-0.2, 0) is 0 Å².